The van der Waals surface area contributed by atoms with Crippen molar-refractivity contribution >= 4 is 34.7 Å². The first-order chi connectivity index (χ1) is 17.2. The minimum absolute atomic E-state index is 0.109. The molecule has 3 aromatic rings. The minimum Gasteiger partial charge on any atom is -0.397 e. The molecule has 0 unspecified atom stereocenters. The molecule has 3 amide bonds. The number of nitro benzene ring substituents is 1. The Labute approximate surface area is 209 Å². The van der Waals surface area contributed by atoms with Gasteiger partial charge in [-0.05, 0) is 56.9 Å². The first-order valence-electron chi connectivity index (χ1n) is 11.3. The van der Waals surface area contributed by atoms with Gasteiger partial charge in [0.2, 0.25) is 0 Å². The molecule has 0 saturated heterocycles. The molecule has 11 nitrogen and oxygen atoms in total. The topological polar surface area (TPSA) is 147 Å². The van der Waals surface area contributed by atoms with Crippen LogP contribution in [0.4, 0.5) is 27.5 Å². The van der Waals surface area contributed by atoms with Gasteiger partial charge in [0.1, 0.15) is 5.69 Å². The Bertz CT molecular complexity index is 1220. The maximum atomic E-state index is 13.0. The predicted octanol–water partition coefficient (Wildman–Crippen LogP) is 3.81. The molecule has 0 saturated carbocycles. The maximum absolute atomic E-state index is 13.0. The van der Waals surface area contributed by atoms with Crippen LogP contribution in [0.25, 0.3) is 0 Å². The number of hydrogen-bond donors (Lipinski definition) is 3. The number of rotatable bonds is 10. The van der Waals surface area contributed by atoms with Gasteiger partial charge >= 0.3 is 6.03 Å². The molecule has 0 aliphatic rings. The fraction of sp³-hybridized carbons (Fsp3) is 0.240. The number of anilines is 3. The Morgan fingerprint density at radius 2 is 1.81 bits per heavy atom. The Kier molecular flexibility index (Phi) is 8.89. The number of nitrogens with one attached hydrogen (secondary N) is 2. The van der Waals surface area contributed by atoms with Crippen molar-refractivity contribution in [2.75, 3.05) is 43.6 Å². The summed E-state index contributed by atoms with van der Waals surface area (Å²) in [5.74, 6) is -0.397. The van der Waals surface area contributed by atoms with Crippen LogP contribution in [0, 0.1) is 10.1 Å². The number of urea groups is 1. The van der Waals surface area contributed by atoms with Crippen LogP contribution in [0.1, 0.15) is 22.5 Å². The third kappa shape index (κ3) is 7.50. The van der Waals surface area contributed by atoms with E-state index in [2.05, 4.69) is 15.6 Å². The fourth-order valence-corrected chi connectivity index (χ4v) is 3.40. The molecule has 0 aliphatic carbocycles. The van der Waals surface area contributed by atoms with Crippen molar-refractivity contribution in [2.24, 2.45) is 0 Å². The fourth-order valence-electron chi connectivity index (χ4n) is 3.40. The number of pyridine rings is 1. The molecule has 0 atom stereocenters. The van der Waals surface area contributed by atoms with Crippen molar-refractivity contribution in [3.63, 3.8) is 0 Å². The molecular formula is C25H29N7O4. The highest BCUT2D eigenvalue weighted by molar-refractivity contribution is 6.04. The van der Waals surface area contributed by atoms with Gasteiger partial charge in [-0.1, -0.05) is 24.3 Å². The van der Waals surface area contributed by atoms with E-state index in [0.29, 0.717) is 23.6 Å². The lowest BCUT2D eigenvalue weighted by molar-refractivity contribution is -0.384. The highest BCUT2D eigenvalue weighted by Gasteiger charge is 2.17. The van der Waals surface area contributed by atoms with E-state index in [1.807, 2.05) is 19.0 Å². The molecule has 1 aromatic heterocycles. The molecule has 0 bridgehead atoms. The number of non-ortho nitro benzene ring substituents is 1. The van der Waals surface area contributed by atoms with Gasteiger partial charge in [-0.25, -0.2) is 4.79 Å². The molecule has 11 heteroatoms. The van der Waals surface area contributed by atoms with Crippen LogP contribution < -0.4 is 16.4 Å². The lowest BCUT2D eigenvalue weighted by atomic mass is 10.2. The third-order valence-electron chi connectivity index (χ3n) is 5.27. The second kappa shape index (κ2) is 12.3. The smallest absolute Gasteiger partial charge is 0.322 e. The van der Waals surface area contributed by atoms with Crippen molar-refractivity contribution in [3.8, 4) is 0 Å². The first kappa shape index (κ1) is 26.1. The van der Waals surface area contributed by atoms with Crippen LogP contribution in [-0.4, -0.2) is 58.8 Å². The average molecular weight is 492 g/mol. The predicted molar refractivity (Wildman–Crippen MR) is 139 cm³/mol. The number of aromatic nitrogens is 1. The molecule has 3 rings (SSSR count). The molecule has 0 aliphatic heterocycles. The van der Waals surface area contributed by atoms with Crippen LogP contribution >= 0.6 is 0 Å². The average Bonchev–Trinajstić information content (AvgIpc) is 2.85. The monoisotopic (exact) mass is 491 g/mol. The van der Waals surface area contributed by atoms with Crippen LogP contribution in [0.2, 0.25) is 0 Å². The summed E-state index contributed by atoms with van der Waals surface area (Å²) in [4.78, 5) is 44.0. The number of carbonyl (C=O) groups is 2. The second-order valence-electron chi connectivity index (χ2n) is 8.41. The van der Waals surface area contributed by atoms with E-state index in [1.165, 1.54) is 18.2 Å². The molecule has 4 N–H and O–H groups in total. The number of benzene rings is 2. The van der Waals surface area contributed by atoms with Gasteiger partial charge < -0.3 is 26.2 Å². The third-order valence-corrected chi connectivity index (χ3v) is 5.27. The van der Waals surface area contributed by atoms with E-state index in [4.69, 9.17) is 5.73 Å². The summed E-state index contributed by atoms with van der Waals surface area (Å²) in [7, 11) is 3.90. The van der Waals surface area contributed by atoms with Gasteiger partial charge in [-0.15, -0.1) is 0 Å². The summed E-state index contributed by atoms with van der Waals surface area (Å²) in [6, 6.07) is 15.6. The summed E-state index contributed by atoms with van der Waals surface area (Å²) in [5, 5.41) is 16.5. The van der Waals surface area contributed by atoms with Crippen LogP contribution in [0.15, 0.2) is 66.9 Å². The highest BCUT2D eigenvalue weighted by Crippen LogP contribution is 2.19. The minimum atomic E-state index is -0.514. The van der Waals surface area contributed by atoms with Crippen molar-refractivity contribution < 1.29 is 14.5 Å². The number of hydrogen-bond acceptors (Lipinski definition) is 7. The van der Waals surface area contributed by atoms with Crippen LogP contribution in [0.5, 0.6) is 0 Å². The first-order valence-corrected chi connectivity index (χ1v) is 11.3. The van der Waals surface area contributed by atoms with Crippen molar-refractivity contribution in [1.82, 2.24) is 14.8 Å². The summed E-state index contributed by atoms with van der Waals surface area (Å²) in [5.41, 5.74) is 7.98. The number of nitrogens with two attached hydrogens (primary N) is 1. The number of nitrogen functional groups attached to an aromatic ring is 1. The molecule has 188 valence electrons. The Balaban J connectivity index is 1.69. The van der Waals surface area contributed by atoms with E-state index in [-0.39, 0.29) is 17.9 Å². The van der Waals surface area contributed by atoms with E-state index in [1.54, 1.807) is 53.6 Å². The maximum Gasteiger partial charge on any atom is 0.322 e. The second-order valence-corrected chi connectivity index (χ2v) is 8.41. The van der Waals surface area contributed by atoms with Crippen molar-refractivity contribution in [1.29, 1.82) is 0 Å². The lowest BCUT2D eigenvalue weighted by Crippen LogP contribution is -2.36. The molecule has 1 heterocycles. The molecule has 0 fully saturated rings. The van der Waals surface area contributed by atoms with E-state index in [0.717, 1.165) is 18.5 Å². The quantitative estimate of drug-likeness (QED) is 0.222. The van der Waals surface area contributed by atoms with Crippen molar-refractivity contribution in [3.05, 3.63) is 88.2 Å². The molecule has 0 radical (unpaired) electrons. The highest BCUT2D eigenvalue weighted by atomic mass is 16.6. The summed E-state index contributed by atoms with van der Waals surface area (Å²) in [6.45, 7) is 1.48. The van der Waals surface area contributed by atoms with E-state index < -0.39 is 16.9 Å². The SMILES string of the molecule is CN(C)CCCN(Cc1ccc(C(=O)Nc2ccccc2N)nc1)C(=O)Nc1cccc([N+](=O)[O-])c1. The molecule has 2 aromatic carbocycles. The van der Waals surface area contributed by atoms with Gasteiger partial charge in [0.15, 0.2) is 0 Å². The number of nitrogens with zero attached hydrogens (tertiary/aromatic N) is 4. The summed E-state index contributed by atoms with van der Waals surface area (Å²) in [6.07, 6.45) is 2.27. The van der Waals surface area contributed by atoms with Crippen molar-refractivity contribution in [2.45, 2.75) is 13.0 Å². The number of carbonyl (C=O) groups excluding carboxylic acids is 2. The number of para-hydroxylation sites is 2. The van der Waals surface area contributed by atoms with Gasteiger partial charge in [0, 0.05) is 37.1 Å². The largest absolute Gasteiger partial charge is 0.397 e. The summed E-state index contributed by atoms with van der Waals surface area (Å²) >= 11 is 0. The molecule has 36 heavy (non-hydrogen) atoms. The van der Waals surface area contributed by atoms with Gasteiger partial charge in [0.05, 0.1) is 16.3 Å². The molecule has 0 spiro atoms. The number of amides is 3. The van der Waals surface area contributed by atoms with E-state index in [9.17, 15) is 19.7 Å². The molecular weight excluding hydrogens is 462 g/mol. The van der Waals surface area contributed by atoms with Gasteiger partial charge in [-0.2, -0.15) is 0 Å². The summed E-state index contributed by atoms with van der Waals surface area (Å²) < 4.78 is 0. The zero-order valence-electron chi connectivity index (χ0n) is 20.2. The zero-order chi connectivity index (χ0) is 26.1. The van der Waals surface area contributed by atoms with Crippen LogP contribution in [-0.2, 0) is 6.54 Å². The zero-order valence-corrected chi connectivity index (χ0v) is 20.2. The van der Waals surface area contributed by atoms with E-state index >= 15 is 0 Å². The van der Waals surface area contributed by atoms with Crippen LogP contribution in [0.3, 0.4) is 0 Å². The van der Waals surface area contributed by atoms with Gasteiger partial charge in [-0.3, -0.25) is 19.9 Å². The van der Waals surface area contributed by atoms with Gasteiger partial charge in [0.25, 0.3) is 11.6 Å². The number of nitro groups is 1. The Morgan fingerprint density at radius 1 is 1.03 bits per heavy atom. The lowest BCUT2D eigenvalue weighted by Gasteiger charge is -2.24. The Morgan fingerprint density at radius 3 is 2.47 bits per heavy atom. The standard InChI is InChI=1S/C25H29N7O4/c1-30(2)13-6-14-31(25(34)28-19-7-5-8-20(15-19)32(35)36)17-18-11-12-23(27-16-18)24(33)29-22-10-4-3-9-21(22)26/h3-5,7-12,15-16H,6,13-14,17,26H2,1-2H3,(H,28,34)(H,29,33). The Hall–Kier alpha value is -4.51. The normalized spacial score (nSPS) is 10.6.